The molecule has 1 atom stereocenters. The monoisotopic (exact) mass is 321 g/mol. The largest absolute Gasteiger partial charge is 0.368 e. The predicted octanol–water partition coefficient (Wildman–Crippen LogP) is 1.24. The average molecular weight is 322 g/mol. The van der Waals surface area contributed by atoms with Crippen molar-refractivity contribution in [1.29, 1.82) is 0 Å². The van der Waals surface area contributed by atoms with Crippen LogP contribution in [0.4, 0.5) is 0 Å². The number of carbonyl (C=O) groups excluding carboxylic acids is 1. The number of hydrogen-bond donors (Lipinski definition) is 0. The summed E-state index contributed by atoms with van der Waals surface area (Å²) < 4.78 is 7.26. The van der Waals surface area contributed by atoms with Crippen LogP contribution in [-0.2, 0) is 16.1 Å². The normalized spacial score (nSPS) is 18.5. The van der Waals surface area contributed by atoms with Gasteiger partial charge in [-0.25, -0.2) is 9.97 Å². The first-order valence-electron chi connectivity index (χ1n) is 6.99. The number of morpholine rings is 1. The van der Waals surface area contributed by atoms with Crippen molar-refractivity contribution in [2.24, 2.45) is 0 Å². The van der Waals surface area contributed by atoms with E-state index in [-0.39, 0.29) is 18.6 Å². The molecule has 1 saturated heterocycles. The van der Waals surface area contributed by atoms with Crippen LogP contribution in [0.25, 0.3) is 0 Å². The Kier molecular flexibility index (Phi) is 4.35. The molecule has 0 N–H and O–H groups in total. The van der Waals surface area contributed by atoms with Crippen molar-refractivity contribution in [3.8, 4) is 0 Å². The Morgan fingerprint density at radius 1 is 1.55 bits per heavy atom. The van der Waals surface area contributed by atoms with Gasteiger partial charge in [-0.15, -0.1) is 0 Å². The van der Waals surface area contributed by atoms with E-state index in [1.807, 2.05) is 13.0 Å². The summed E-state index contributed by atoms with van der Waals surface area (Å²) in [6.07, 6.45) is 4.62. The Morgan fingerprint density at radius 2 is 2.41 bits per heavy atom. The molecule has 1 amide bonds. The first kappa shape index (κ1) is 14.9. The number of aromatic nitrogens is 4. The summed E-state index contributed by atoms with van der Waals surface area (Å²) in [6.45, 7) is 3.52. The number of rotatable bonds is 3. The molecular weight excluding hydrogens is 306 g/mol. The first-order chi connectivity index (χ1) is 10.6. The maximum atomic E-state index is 12.4. The molecule has 1 aliphatic rings. The maximum Gasteiger partial charge on any atom is 0.244 e. The maximum absolute atomic E-state index is 12.4. The third-order valence-electron chi connectivity index (χ3n) is 3.45. The second-order valence-corrected chi connectivity index (χ2v) is 5.52. The fourth-order valence-electron chi connectivity index (χ4n) is 2.37. The highest BCUT2D eigenvalue weighted by Gasteiger charge is 2.26. The van der Waals surface area contributed by atoms with E-state index in [1.54, 1.807) is 17.3 Å². The van der Waals surface area contributed by atoms with E-state index in [0.29, 0.717) is 30.5 Å². The molecule has 3 heterocycles. The van der Waals surface area contributed by atoms with Gasteiger partial charge in [-0.3, -0.25) is 9.48 Å². The lowest BCUT2D eigenvalue weighted by Crippen LogP contribution is -2.43. The highest BCUT2D eigenvalue weighted by atomic mass is 35.5. The van der Waals surface area contributed by atoms with Crippen molar-refractivity contribution in [1.82, 2.24) is 24.6 Å². The highest BCUT2D eigenvalue weighted by molar-refractivity contribution is 6.30. The molecule has 1 aliphatic heterocycles. The van der Waals surface area contributed by atoms with E-state index in [9.17, 15) is 4.79 Å². The lowest BCUT2D eigenvalue weighted by Gasteiger charge is -2.32. The third-order valence-corrected chi connectivity index (χ3v) is 3.64. The Hall–Kier alpha value is -1.99. The van der Waals surface area contributed by atoms with Gasteiger partial charge in [-0.05, 0) is 13.0 Å². The first-order valence-corrected chi connectivity index (χ1v) is 7.36. The van der Waals surface area contributed by atoms with Crippen LogP contribution in [-0.4, -0.2) is 50.3 Å². The number of ether oxygens (including phenoxy) is 1. The summed E-state index contributed by atoms with van der Waals surface area (Å²) in [4.78, 5) is 22.6. The van der Waals surface area contributed by atoms with E-state index < -0.39 is 0 Å². The molecule has 2 aromatic heterocycles. The zero-order chi connectivity index (χ0) is 15.5. The molecule has 3 rings (SSSR count). The van der Waals surface area contributed by atoms with Gasteiger partial charge in [-0.1, -0.05) is 11.6 Å². The average Bonchev–Trinajstić information content (AvgIpc) is 2.92. The Labute approximate surface area is 132 Å². The molecule has 0 aromatic carbocycles. The minimum absolute atomic E-state index is 0.0150. The molecule has 1 fully saturated rings. The van der Waals surface area contributed by atoms with Gasteiger partial charge < -0.3 is 9.64 Å². The van der Waals surface area contributed by atoms with Crippen molar-refractivity contribution in [3.63, 3.8) is 0 Å². The van der Waals surface area contributed by atoms with Gasteiger partial charge in [0.05, 0.1) is 30.1 Å². The molecule has 116 valence electrons. The molecule has 0 saturated carbocycles. The van der Waals surface area contributed by atoms with Gasteiger partial charge in [0.1, 0.15) is 18.5 Å². The molecule has 7 nitrogen and oxygen atoms in total. The smallest absolute Gasteiger partial charge is 0.244 e. The van der Waals surface area contributed by atoms with Crippen LogP contribution in [0.15, 0.2) is 24.7 Å². The molecule has 8 heteroatoms. The van der Waals surface area contributed by atoms with Crippen LogP contribution in [0.5, 0.6) is 0 Å². The molecule has 0 spiro atoms. The van der Waals surface area contributed by atoms with Crippen LogP contribution in [0.3, 0.4) is 0 Å². The van der Waals surface area contributed by atoms with Gasteiger partial charge in [0.15, 0.2) is 0 Å². The number of amides is 1. The van der Waals surface area contributed by atoms with Crippen molar-refractivity contribution < 1.29 is 9.53 Å². The predicted molar refractivity (Wildman–Crippen MR) is 79.3 cm³/mol. The topological polar surface area (TPSA) is 73.1 Å². The Balaban J connectivity index is 1.66. The third kappa shape index (κ3) is 3.42. The fraction of sp³-hybridized carbons (Fsp3) is 0.429. The lowest BCUT2D eigenvalue weighted by molar-refractivity contribution is -0.140. The summed E-state index contributed by atoms with van der Waals surface area (Å²) in [5.74, 6) is 0.676. The van der Waals surface area contributed by atoms with E-state index in [1.165, 1.54) is 10.9 Å². The standard InChI is InChI=1S/C14H16ClN5O2/c1-10-16-3-2-12(18-10)13-8-19(4-5-22-13)14(21)9-20-7-11(15)6-17-20/h2-3,6-7,13H,4-5,8-9H2,1H3. The van der Waals surface area contributed by atoms with Crippen molar-refractivity contribution in [2.45, 2.75) is 19.6 Å². The molecular formula is C14H16ClN5O2. The quantitative estimate of drug-likeness (QED) is 0.850. The van der Waals surface area contributed by atoms with E-state index >= 15 is 0 Å². The minimum Gasteiger partial charge on any atom is -0.368 e. The van der Waals surface area contributed by atoms with Crippen LogP contribution < -0.4 is 0 Å². The SMILES string of the molecule is Cc1nccc(C2CN(C(=O)Cn3cc(Cl)cn3)CCO2)n1. The lowest BCUT2D eigenvalue weighted by atomic mass is 10.2. The van der Waals surface area contributed by atoms with Gasteiger partial charge in [0.2, 0.25) is 5.91 Å². The summed E-state index contributed by atoms with van der Waals surface area (Å²) in [7, 11) is 0. The van der Waals surface area contributed by atoms with Crippen LogP contribution in [0.2, 0.25) is 5.02 Å². The number of carbonyl (C=O) groups is 1. The Bertz CT molecular complexity index is 675. The van der Waals surface area contributed by atoms with Crippen LogP contribution in [0, 0.1) is 6.92 Å². The summed E-state index contributed by atoms with van der Waals surface area (Å²) in [6, 6.07) is 1.82. The van der Waals surface area contributed by atoms with Crippen molar-refractivity contribution >= 4 is 17.5 Å². The summed E-state index contributed by atoms with van der Waals surface area (Å²) in [5, 5.41) is 4.54. The second-order valence-electron chi connectivity index (χ2n) is 5.08. The van der Waals surface area contributed by atoms with E-state index in [0.717, 1.165) is 5.69 Å². The molecule has 22 heavy (non-hydrogen) atoms. The van der Waals surface area contributed by atoms with E-state index in [2.05, 4.69) is 15.1 Å². The van der Waals surface area contributed by atoms with Gasteiger partial charge in [0, 0.05) is 18.9 Å². The number of nitrogens with zero attached hydrogens (tertiary/aromatic N) is 5. The fourth-order valence-corrected chi connectivity index (χ4v) is 2.53. The van der Waals surface area contributed by atoms with E-state index in [4.69, 9.17) is 16.3 Å². The summed E-state index contributed by atoms with van der Waals surface area (Å²) in [5.41, 5.74) is 0.798. The Morgan fingerprint density at radius 3 is 3.14 bits per heavy atom. The minimum atomic E-state index is -0.222. The van der Waals surface area contributed by atoms with Crippen molar-refractivity contribution in [3.05, 3.63) is 41.2 Å². The van der Waals surface area contributed by atoms with Gasteiger partial charge in [0.25, 0.3) is 0 Å². The number of aryl methyl sites for hydroxylation is 1. The molecule has 0 aliphatic carbocycles. The molecule has 0 bridgehead atoms. The van der Waals surface area contributed by atoms with Crippen LogP contribution >= 0.6 is 11.6 Å². The zero-order valence-electron chi connectivity index (χ0n) is 12.1. The number of hydrogen-bond acceptors (Lipinski definition) is 5. The number of halogens is 1. The van der Waals surface area contributed by atoms with Gasteiger partial charge in [-0.2, -0.15) is 5.10 Å². The summed E-state index contributed by atoms with van der Waals surface area (Å²) >= 11 is 5.81. The van der Waals surface area contributed by atoms with Crippen molar-refractivity contribution in [2.75, 3.05) is 19.7 Å². The second kappa shape index (κ2) is 6.41. The highest BCUT2D eigenvalue weighted by Crippen LogP contribution is 2.20. The molecule has 0 radical (unpaired) electrons. The van der Waals surface area contributed by atoms with Gasteiger partial charge >= 0.3 is 0 Å². The molecule has 2 aromatic rings. The molecule has 1 unspecified atom stereocenters. The zero-order valence-corrected chi connectivity index (χ0v) is 12.9. The van der Waals surface area contributed by atoms with Crippen LogP contribution in [0.1, 0.15) is 17.6 Å².